The van der Waals surface area contributed by atoms with E-state index in [1.54, 1.807) is 11.0 Å². The minimum Gasteiger partial charge on any atom is -0.481 e. The van der Waals surface area contributed by atoms with Gasteiger partial charge in [-0.2, -0.15) is 0 Å². The molecule has 21 heavy (non-hydrogen) atoms. The monoisotopic (exact) mass is 312 g/mol. The van der Waals surface area contributed by atoms with Crippen LogP contribution in [-0.4, -0.2) is 47.8 Å². The highest BCUT2D eigenvalue weighted by atomic mass is 35.5. The summed E-state index contributed by atoms with van der Waals surface area (Å²) in [5, 5.41) is 12.1. The van der Waals surface area contributed by atoms with Crippen LogP contribution in [0.5, 0.6) is 0 Å². The number of hydrogen-bond donors (Lipinski definition) is 2. The predicted octanol–water partition coefficient (Wildman–Crippen LogP) is 1.73. The van der Waals surface area contributed by atoms with Crippen LogP contribution in [0.25, 0.3) is 0 Å². The Labute approximate surface area is 127 Å². The fourth-order valence-corrected chi connectivity index (χ4v) is 2.35. The van der Waals surface area contributed by atoms with Crippen LogP contribution in [0.15, 0.2) is 24.3 Å². The molecule has 1 aliphatic rings. The van der Waals surface area contributed by atoms with E-state index in [2.05, 4.69) is 5.32 Å². The third-order valence-corrected chi connectivity index (χ3v) is 3.58. The van der Waals surface area contributed by atoms with Crippen LogP contribution in [0.2, 0.25) is 5.02 Å². The fraction of sp³-hybridized carbons (Fsp3) is 0.429. The van der Waals surface area contributed by atoms with E-state index in [1.807, 2.05) is 18.2 Å². The number of carbonyl (C=O) groups is 2. The van der Waals surface area contributed by atoms with Crippen molar-refractivity contribution in [2.24, 2.45) is 0 Å². The molecule has 0 radical (unpaired) electrons. The molecule has 0 spiro atoms. The molecule has 2 amide bonds. The number of aliphatic carboxylic acids is 1. The summed E-state index contributed by atoms with van der Waals surface area (Å²) in [6.45, 7) is 1.40. The maximum absolute atomic E-state index is 12.1. The molecule has 1 atom stereocenters. The van der Waals surface area contributed by atoms with Gasteiger partial charge in [0.15, 0.2) is 0 Å². The molecule has 1 saturated heterocycles. The molecule has 0 aliphatic carbocycles. The molecule has 2 rings (SSSR count). The summed E-state index contributed by atoms with van der Waals surface area (Å²) in [6, 6.07) is 7.04. The standard InChI is InChI=1S/C14H17ClN2O4/c15-12-4-2-1-3-10(12)8-16-14(20)17-5-6-21-11(9-17)7-13(18)19/h1-4,11H,5-9H2,(H,16,20)(H,18,19). The Balaban J connectivity index is 1.85. The van der Waals surface area contributed by atoms with Crippen LogP contribution in [0, 0.1) is 0 Å². The second-order valence-corrected chi connectivity index (χ2v) is 5.19. The normalized spacial score (nSPS) is 18.3. The topological polar surface area (TPSA) is 78.9 Å². The van der Waals surface area contributed by atoms with Gasteiger partial charge in [0.1, 0.15) is 0 Å². The molecule has 0 saturated carbocycles. The lowest BCUT2D eigenvalue weighted by atomic mass is 10.2. The van der Waals surface area contributed by atoms with Gasteiger partial charge in [-0.05, 0) is 11.6 Å². The number of morpholine rings is 1. The smallest absolute Gasteiger partial charge is 0.317 e. The lowest BCUT2D eigenvalue weighted by molar-refractivity contribution is -0.141. The number of carbonyl (C=O) groups excluding carboxylic acids is 1. The maximum atomic E-state index is 12.1. The second-order valence-electron chi connectivity index (χ2n) is 4.79. The molecule has 7 heteroatoms. The first-order valence-corrected chi connectivity index (χ1v) is 7.03. The Morgan fingerprint density at radius 1 is 1.43 bits per heavy atom. The van der Waals surface area contributed by atoms with E-state index in [4.69, 9.17) is 21.4 Å². The number of carboxylic acid groups (broad SMARTS) is 1. The van der Waals surface area contributed by atoms with Crippen LogP contribution < -0.4 is 5.32 Å². The zero-order chi connectivity index (χ0) is 15.2. The van der Waals surface area contributed by atoms with Crippen molar-refractivity contribution in [1.29, 1.82) is 0 Å². The SMILES string of the molecule is O=C(O)CC1CN(C(=O)NCc2ccccc2Cl)CCO1. The number of amides is 2. The quantitative estimate of drug-likeness (QED) is 0.887. The van der Waals surface area contributed by atoms with Gasteiger partial charge in [-0.15, -0.1) is 0 Å². The summed E-state index contributed by atoms with van der Waals surface area (Å²) in [6.07, 6.45) is -0.559. The summed E-state index contributed by atoms with van der Waals surface area (Å²) in [5.74, 6) is -0.932. The lowest BCUT2D eigenvalue weighted by Gasteiger charge is -2.32. The minimum atomic E-state index is -0.932. The van der Waals surface area contributed by atoms with Crippen molar-refractivity contribution in [2.45, 2.75) is 19.1 Å². The molecule has 1 fully saturated rings. The van der Waals surface area contributed by atoms with E-state index in [9.17, 15) is 9.59 Å². The molecular formula is C14H17ClN2O4. The molecule has 6 nitrogen and oxygen atoms in total. The summed E-state index contributed by atoms with van der Waals surface area (Å²) < 4.78 is 5.33. The van der Waals surface area contributed by atoms with Crippen molar-refractivity contribution < 1.29 is 19.4 Å². The van der Waals surface area contributed by atoms with E-state index in [0.717, 1.165) is 5.56 Å². The first kappa shape index (κ1) is 15.6. The summed E-state index contributed by atoms with van der Waals surface area (Å²) in [7, 11) is 0. The molecule has 2 N–H and O–H groups in total. The lowest BCUT2D eigenvalue weighted by Crippen LogP contribution is -2.49. The van der Waals surface area contributed by atoms with Crippen LogP contribution in [0.1, 0.15) is 12.0 Å². The molecule has 1 unspecified atom stereocenters. The van der Waals surface area contributed by atoms with Crippen molar-refractivity contribution in [3.8, 4) is 0 Å². The molecule has 114 valence electrons. The second kappa shape index (κ2) is 7.28. The number of carboxylic acids is 1. The zero-order valence-electron chi connectivity index (χ0n) is 11.4. The highest BCUT2D eigenvalue weighted by molar-refractivity contribution is 6.31. The van der Waals surface area contributed by atoms with Gasteiger partial charge >= 0.3 is 12.0 Å². The molecule has 0 aromatic heterocycles. The first-order chi connectivity index (χ1) is 10.1. The van der Waals surface area contributed by atoms with Crippen molar-refractivity contribution in [2.75, 3.05) is 19.7 Å². The minimum absolute atomic E-state index is 0.103. The van der Waals surface area contributed by atoms with E-state index in [1.165, 1.54) is 0 Å². The highest BCUT2D eigenvalue weighted by Crippen LogP contribution is 2.15. The Hall–Kier alpha value is -1.79. The summed E-state index contributed by atoms with van der Waals surface area (Å²) in [4.78, 5) is 24.3. The molecule has 1 aromatic carbocycles. The third kappa shape index (κ3) is 4.61. The van der Waals surface area contributed by atoms with Gasteiger partial charge in [0.2, 0.25) is 0 Å². The van der Waals surface area contributed by atoms with Gasteiger partial charge in [-0.1, -0.05) is 29.8 Å². The number of hydrogen-bond acceptors (Lipinski definition) is 3. The molecule has 1 heterocycles. The van der Waals surface area contributed by atoms with Crippen molar-refractivity contribution in [3.05, 3.63) is 34.9 Å². The van der Waals surface area contributed by atoms with Gasteiger partial charge in [0, 0.05) is 24.7 Å². The summed E-state index contributed by atoms with van der Waals surface area (Å²) >= 11 is 6.02. The van der Waals surface area contributed by atoms with Gasteiger partial charge < -0.3 is 20.1 Å². The van der Waals surface area contributed by atoms with E-state index >= 15 is 0 Å². The van der Waals surface area contributed by atoms with Crippen LogP contribution in [-0.2, 0) is 16.1 Å². The number of benzene rings is 1. The number of nitrogens with one attached hydrogen (secondary N) is 1. The van der Waals surface area contributed by atoms with Crippen molar-refractivity contribution in [3.63, 3.8) is 0 Å². The number of rotatable bonds is 4. The van der Waals surface area contributed by atoms with Gasteiger partial charge in [-0.25, -0.2) is 4.79 Å². The molecule has 1 aliphatic heterocycles. The van der Waals surface area contributed by atoms with Crippen LogP contribution in [0.4, 0.5) is 4.79 Å². The van der Waals surface area contributed by atoms with E-state index in [0.29, 0.717) is 24.7 Å². The van der Waals surface area contributed by atoms with Crippen LogP contribution >= 0.6 is 11.6 Å². The number of nitrogens with zero attached hydrogens (tertiary/aromatic N) is 1. The summed E-state index contributed by atoms with van der Waals surface area (Å²) in [5.41, 5.74) is 0.836. The molecular weight excluding hydrogens is 296 g/mol. The average molecular weight is 313 g/mol. The fourth-order valence-electron chi connectivity index (χ4n) is 2.15. The van der Waals surface area contributed by atoms with E-state index in [-0.39, 0.29) is 19.0 Å². The van der Waals surface area contributed by atoms with Gasteiger partial charge in [-0.3, -0.25) is 4.79 Å². The number of ether oxygens (including phenoxy) is 1. The Morgan fingerprint density at radius 2 is 2.19 bits per heavy atom. The van der Waals surface area contributed by atoms with Gasteiger partial charge in [0.05, 0.1) is 19.1 Å². The molecule has 1 aromatic rings. The Kier molecular flexibility index (Phi) is 5.41. The highest BCUT2D eigenvalue weighted by Gasteiger charge is 2.25. The molecule has 0 bridgehead atoms. The van der Waals surface area contributed by atoms with Crippen LogP contribution in [0.3, 0.4) is 0 Å². The van der Waals surface area contributed by atoms with Gasteiger partial charge in [0.25, 0.3) is 0 Å². The largest absolute Gasteiger partial charge is 0.481 e. The Bertz CT molecular complexity index is 523. The zero-order valence-corrected chi connectivity index (χ0v) is 12.2. The van der Waals surface area contributed by atoms with Crippen molar-refractivity contribution in [1.82, 2.24) is 10.2 Å². The maximum Gasteiger partial charge on any atom is 0.317 e. The average Bonchev–Trinajstić information content (AvgIpc) is 2.45. The van der Waals surface area contributed by atoms with E-state index < -0.39 is 12.1 Å². The Morgan fingerprint density at radius 3 is 2.90 bits per heavy atom. The number of halogens is 1. The number of urea groups is 1. The first-order valence-electron chi connectivity index (χ1n) is 6.66. The third-order valence-electron chi connectivity index (χ3n) is 3.22. The van der Waals surface area contributed by atoms with Crippen molar-refractivity contribution >= 4 is 23.6 Å². The predicted molar refractivity (Wildman–Crippen MR) is 77.3 cm³/mol.